The molecule has 0 aliphatic rings. The number of hydrogen-bond acceptors (Lipinski definition) is 6. The number of nitrogens with one attached hydrogen (secondary N) is 2. The molecule has 1 aromatic heterocycles. The summed E-state index contributed by atoms with van der Waals surface area (Å²) >= 11 is 0. The second-order valence-electron chi connectivity index (χ2n) is 6.68. The maximum absolute atomic E-state index is 13.1. The van der Waals surface area contributed by atoms with Crippen LogP contribution in [0.15, 0.2) is 9.42 Å². The summed E-state index contributed by atoms with van der Waals surface area (Å²) in [4.78, 5) is 24.4. The van der Waals surface area contributed by atoms with E-state index in [4.69, 9.17) is 4.52 Å². The number of amides is 2. The average molecular weight is 403 g/mol. The highest BCUT2D eigenvalue weighted by Gasteiger charge is 2.34. The zero-order valence-corrected chi connectivity index (χ0v) is 17.6. The molecule has 0 aliphatic heterocycles. The predicted molar refractivity (Wildman–Crippen MR) is 101 cm³/mol. The van der Waals surface area contributed by atoms with Crippen molar-refractivity contribution < 1.29 is 22.5 Å². The van der Waals surface area contributed by atoms with Gasteiger partial charge in [0.05, 0.1) is 13.1 Å². The third-order valence-electron chi connectivity index (χ3n) is 4.25. The van der Waals surface area contributed by atoms with Gasteiger partial charge in [-0.15, -0.1) is 0 Å². The molecule has 0 unspecified atom stereocenters. The van der Waals surface area contributed by atoms with Crippen LogP contribution >= 0.6 is 0 Å². The molecule has 27 heavy (non-hydrogen) atoms. The molecule has 2 N–H and O–H groups in total. The first kappa shape index (κ1) is 23.1. The van der Waals surface area contributed by atoms with E-state index in [0.717, 1.165) is 4.31 Å². The smallest absolute Gasteiger partial charge is 0.249 e. The van der Waals surface area contributed by atoms with Crippen molar-refractivity contribution in [1.29, 1.82) is 0 Å². The maximum atomic E-state index is 13.1. The van der Waals surface area contributed by atoms with Crippen LogP contribution in [0.5, 0.6) is 0 Å². The van der Waals surface area contributed by atoms with Crippen molar-refractivity contribution in [3.63, 3.8) is 0 Å². The Morgan fingerprint density at radius 1 is 1.04 bits per heavy atom. The zero-order chi connectivity index (χ0) is 20.8. The highest BCUT2D eigenvalue weighted by Crippen LogP contribution is 2.23. The van der Waals surface area contributed by atoms with E-state index in [1.165, 1.54) is 13.8 Å². The Balaban J connectivity index is 3.13. The molecule has 2 amide bonds. The molecule has 0 bridgehead atoms. The van der Waals surface area contributed by atoms with E-state index in [9.17, 15) is 18.0 Å². The number of rotatable bonds is 10. The summed E-state index contributed by atoms with van der Waals surface area (Å²) in [6.07, 6.45) is 1.41. The maximum Gasteiger partial charge on any atom is 0.249 e. The molecule has 0 aliphatic carbocycles. The van der Waals surface area contributed by atoms with Gasteiger partial charge in [-0.05, 0) is 40.5 Å². The van der Waals surface area contributed by atoms with Crippen molar-refractivity contribution in [3.8, 4) is 0 Å². The number of carbonyl (C=O) groups is 2. The fourth-order valence-electron chi connectivity index (χ4n) is 2.36. The van der Waals surface area contributed by atoms with Crippen molar-refractivity contribution in [2.24, 2.45) is 0 Å². The summed E-state index contributed by atoms with van der Waals surface area (Å²) in [5, 5.41) is 9.10. The minimum absolute atomic E-state index is 0.102. The lowest BCUT2D eigenvalue weighted by Crippen LogP contribution is -2.48. The second kappa shape index (κ2) is 9.84. The van der Waals surface area contributed by atoms with Crippen LogP contribution in [0, 0.1) is 13.8 Å². The standard InChI is InChI=1S/C17H30N4O5S/c1-7-11(3)18-15(22)9-21(10-16(23)19-12(4)8-2)27(24,25)17-13(5)20-26-14(17)6/h11-12H,7-10H2,1-6H3,(H,18,22)(H,19,23)/t11-,12-/m1/s1. The Kier molecular flexibility index (Phi) is 8.42. The van der Waals surface area contributed by atoms with Gasteiger partial charge in [-0.3, -0.25) is 9.59 Å². The van der Waals surface area contributed by atoms with Crippen LogP contribution in [0.3, 0.4) is 0 Å². The van der Waals surface area contributed by atoms with Gasteiger partial charge < -0.3 is 15.2 Å². The molecule has 0 radical (unpaired) electrons. The van der Waals surface area contributed by atoms with E-state index in [0.29, 0.717) is 12.8 Å². The number of carbonyl (C=O) groups excluding carboxylic acids is 2. The van der Waals surface area contributed by atoms with Crippen LogP contribution in [-0.2, 0) is 19.6 Å². The quantitative estimate of drug-likeness (QED) is 0.605. The molecule has 1 rings (SSSR count). The molecule has 0 aromatic carbocycles. The fraction of sp³-hybridized carbons (Fsp3) is 0.706. The van der Waals surface area contributed by atoms with E-state index in [-0.39, 0.29) is 28.4 Å². The highest BCUT2D eigenvalue weighted by atomic mass is 32.2. The van der Waals surface area contributed by atoms with Crippen LogP contribution < -0.4 is 10.6 Å². The molecule has 9 nitrogen and oxygen atoms in total. The molecule has 0 spiro atoms. The monoisotopic (exact) mass is 402 g/mol. The van der Waals surface area contributed by atoms with Gasteiger partial charge in [0, 0.05) is 12.1 Å². The first-order valence-corrected chi connectivity index (χ1v) is 10.5. The van der Waals surface area contributed by atoms with Crippen molar-refractivity contribution in [2.45, 2.75) is 71.4 Å². The first-order chi connectivity index (χ1) is 12.5. The van der Waals surface area contributed by atoms with Gasteiger partial charge in [0.1, 0.15) is 10.6 Å². The SMILES string of the molecule is CC[C@@H](C)NC(=O)CN(CC(=O)N[C@H](C)CC)S(=O)(=O)c1c(C)noc1C. The van der Waals surface area contributed by atoms with Crippen LogP contribution in [-0.4, -0.2) is 54.9 Å². The molecule has 1 aromatic rings. The summed E-state index contributed by atoms with van der Waals surface area (Å²) in [6.45, 7) is 9.49. The lowest BCUT2D eigenvalue weighted by Gasteiger charge is -2.23. The Morgan fingerprint density at radius 3 is 1.81 bits per heavy atom. The first-order valence-electron chi connectivity index (χ1n) is 9.04. The van der Waals surface area contributed by atoms with E-state index in [1.807, 2.05) is 27.7 Å². The van der Waals surface area contributed by atoms with E-state index in [1.54, 1.807) is 0 Å². The predicted octanol–water partition coefficient (Wildman–Crippen LogP) is 1.11. The Morgan fingerprint density at radius 2 is 1.48 bits per heavy atom. The fourth-order valence-corrected chi connectivity index (χ4v) is 4.01. The summed E-state index contributed by atoms with van der Waals surface area (Å²) < 4.78 is 32.0. The Bertz CT molecular complexity index is 714. The lowest BCUT2D eigenvalue weighted by atomic mass is 10.2. The van der Waals surface area contributed by atoms with Crippen LogP contribution in [0.1, 0.15) is 52.0 Å². The molecule has 2 atom stereocenters. The summed E-state index contributed by atoms with van der Waals surface area (Å²) in [5.41, 5.74) is 0.183. The van der Waals surface area contributed by atoms with Crippen molar-refractivity contribution >= 4 is 21.8 Å². The van der Waals surface area contributed by atoms with Gasteiger partial charge in [0.2, 0.25) is 21.8 Å². The summed E-state index contributed by atoms with van der Waals surface area (Å²) in [5.74, 6) is -0.839. The van der Waals surface area contributed by atoms with E-state index < -0.39 is 34.9 Å². The topological polar surface area (TPSA) is 122 Å². The Hall–Kier alpha value is -1.94. The van der Waals surface area contributed by atoms with Gasteiger partial charge in [0.25, 0.3) is 0 Å². The van der Waals surface area contributed by atoms with E-state index >= 15 is 0 Å². The molecular formula is C17H30N4O5S. The highest BCUT2D eigenvalue weighted by molar-refractivity contribution is 7.89. The van der Waals surface area contributed by atoms with Crippen molar-refractivity contribution in [2.75, 3.05) is 13.1 Å². The minimum atomic E-state index is -4.14. The van der Waals surface area contributed by atoms with Crippen molar-refractivity contribution in [3.05, 3.63) is 11.5 Å². The van der Waals surface area contributed by atoms with Crippen molar-refractivity contribution in [1.82, 2.24) is 20.1 Å². The van der Waals surface area contributed by atoms with Gasteiger partial charge in [0.15, 0.2) is 5.76 Å². The summed E-state index contributed by atoms with van der Waals surface area (Å²) in [6, 6.07) is -0.204. The molecule has 1 heterocycles. The molecule has 0 fully saturated rings. The van der Waals surface area contributed by atoms with Crippen LogP contribution in [0.4, 0.5) is 0 Å². The number of sulfonamides is 1. The second-order valence-corrected chi connectivity index (χ2v) is 8.55. The molecule has 10 heteroatoms. The van der Waals surface area contributed by atoms with Gasteiger partial charge in [-0.25, -0.2) is 8.42 Å². The molecule has 0 saturated carbocycles. The Labute approximate surface area is 160 Å². The number of aromatic nitrogens is 1. The van der Waals surface area contributed by atoms with Crippen LogP contribution in [0.25, 0.3) is 0 Å². The van der Waals surface area contributed by atoms with Gasteiger partial charge in [-0.1, -0.05) is 19.0 Å². The molecule has 0 saturated heterocycles. The lowest BCUT2D eigenvalue weighted by molar-refractivity contribution is -0.124. The number of hydrogen-bond donors (Lipinski definition) is 2. The minimum Gasteiger partial charge on any atom is -0.360 e. The molecular weight excluding hydrogens is 372 g/mol. The van der Waals surface area contributed by atoms with E-state index in [2.05, 4.69) is 15.8 Å². The van der Waals surface area contributed by atoms with Crippen LogP contribution in [0.2, 0.25) is 0 Å². The van der Waals surface area contributed by atoms with Gasteiger partial charge >= 0.3 is 0 Å². The largest absolute Gasteiger partial charge is 0.360 e. The third kappa shape index (κ3) is 6.31. The summed E-state index contributed by atoms with van der Waals surface area (Å²) in [7, 11) is -4.14. The molecule has 154 valence electrons. The average Bonchev–Trinajstić information content (AvgIpc) is 2.92. The normalized spacial score (nSPS) is 14.0. The zero-order valence-electron chi connectivity index (χ0n) is 16.8. The number of aryl methyl sites for hydroxylation is 2. The third-order valence-corrected chi connectivity index (χ3v) is 6.28. The van der Waals surface area contributed by atoms with Gasteiger partial charge in [-0.2, -0.15) is 4.31 Å². The number of nitrogens with zero attached hydrogens (tertiary/aromatic N) is 2.